The highest BCUT2D eigenvalue weighted by Crippen LogP contribution is 2.13. The van der Waals surface area contributed by atoms with E-state index < -0.39 is 0 Å². The van der Waals surface area contributed by atoms with Crippen molar-refractivity contribution in [3.63, 3.8) is 0 Å². The first-order chi connectivity index (χ1) is 7.20. The maximum Gasteiger partial charge on any atom is 0.255 e. The van der Waals surface area contributed by atoms with Crippen LogP contribution in [0.25, 0.3) is 5.78 Å². The van der Waals surface area contributed by atoms with Gasteiger partial charge in [0.1, 0.15) is 5.82 Å². The highest BCUT2D eigenvalue weighted by molar-refractivity contribution is 5.33. The summed E-state index contributed by atoms with van der Waals surface area (Å²) in [4.78, 5) is 8.45. The number of aromatic nitrogens is 4. The molecule has 2 aromatic heterocycles. The highest BCUT2D eigenvalue weighted by Gasteiger charge is 2.07. The summed E-state index contributed by atoms with van der Waals surface area (Å²) in [5.74, 6) is 1.19. The minimum atomic E-state index is 0.103. The lowest BCUT2D eigenvalue weighted by atomic mass is 10.2. The van der Waals surface area contributed by atoms with Crippen molar-refractivity contribution in [3.05, 3.63) is 17.6 Å². The van der Waals surface area contributed by atoms with Crippen LogP contribution in [0, 0.1) is 6.92 Å². The summed E-state index contributed by atoms with van der Waals surface area (Å²) in [6, 6.07) is 1.65. The number of aromatic hydroxyl groups is 1. The first kappa shape index (κ1) is 9.89. The average Bonchev–Trinajstić information content (AvgIpc) is 2.56. The molecule has 0 radical (unpaired) electrons. The molecule has 0 saturated carbocycles. The maximum atomic E-state index is 9.69. The summed E-state index contributed by atoms with van der Waals surface area (Å²) in [6.45, 7) is 3.90. The molecular weight excluding hydrogens is 192 g/mol. The van der Waals surface area contributed by atoms with E-state index in [0.29, 0.717) is 11.6 Å². The van der Waals surface area contributed by atoms with Crippen LogP contribution in [0.5, 0.6) is 5.88 Å². The van der Waals surface area contributed by atoms with Gasteiger partial charge in [0.15, 0.2) is 0 Å². The van der Waals surface area contributed by atoms with Crippen molar-refractivity contribution in [1.82, 2.24) is 19.6 Å². The van der Waals surface area contributed by atoms with Gasteiger partial charge in [0.2, 0.25) is 5.88 Å². The molecule has 2 rings (SSSR count). The van der Waals surface area contributed by atoms with E-state index in [-0.39, 0.29) is 5.88 Å². The van der Waals surface area contributed by atoms with E-state index in [4.69, 9.17) is 0 Å². The van der Waals surface area contributed by atoms with Gasteiger partial charge >= 0.3 is 0 Å². The lowest BCUT2D eigenvalue weighted by Crippen LogP contribution is -1.97. The molecule has 0 saturated heterocycles. The van der Waals surface area contributed by atoms with Gasteiger partial charge in [-0.05, 0) is 19.8 Å². The fourth-order valence-electron chi connectivity index (χ4n) is 1.49. The molecule has 1 N–H and O–H groups in total. The normalized spacial score (nSPS) is 11.1. The molecule has 2 heterocycles. The number of unbranched alkanes of at least 4 members (excludes halogenated alkanes) is 1. The third kappa shape index (κ3) is 1.91. The second-order valence-corrected chi connectivity index (χ2v) is 3.58. The van der Waals surface area contributed by atoms with Gasteiger partial charge in [-0.15, -0.1) is 5.10 Å². The van der Waals surface area contributed by atoms with Crippen LogP contribution in [0.2, 0.25) is 0 Å². The SMILES string of the molecule is CCCCc1cc(O)n2nc(C)nc2n1. The molecule has 0 amide bonds. The summed E-state index contributed by atoms with van der Waals surface area (Å²) in [7, 11) is 0. The van der Waals surface area contributed by atoms with Crippen molar-refractivity contribution in [2.24, 2.45) is 0 Å². The fraction of sp³-hybridized carbons (Fsp3) is 0.500. The Kier molecular flexibility index (Phi) is 2.53. The summed E-state index contributed by atoms with van der Waals surface area (Å²) in [6.07, 6.45) is 3.04. The Morgan fingerprint density at radius 2 is 2.20 bits per heavy atom. The van der Waals surface area contributed by atoms with Crippen LogP contribution in [-0.4, -0.2) is 24.7 Å². The lowest BCUT2D eigenvalue weighted by molar-refractivity contribution is 0.433. The largest absolute Gasteiger partial charge is 0.493 e. The zero-order chi connectivity index (χ0) is 10.8. The molecule has 5 nitrogen and oxygen atoms in total. The van der Waals surface area contributed by atoms with Crippen LogP contribution in [0.1, 0.15) is 31.3 Å². The summed E-state index contributed by atoms with van der Waals surface area (Å²) in [5, 5.41) is 13.7. The fourth-order valence-corrected chi connectivity index (χ4v) is 1.49. The highest BCUT2D eigenvalue weighted by atomic mass is 16.3. The van der Waals surface area contributed by atoms with E-state index in [1.165, 1.54) is 4.52 Å². The summed E-state index contributed by atoms with van der Waals surface area (Å²) >= 11 is 0. The molecule has 0 fully saturated rings. The van der Waals surface area contributed by atoms with Gasteiger partial charge in [0, 0.05) is 11.8 Å². The Morgan fingerprint density at radius 3 is 2.93 bits per heavy atom. The smallest absolute Gasteiger partial charge is 0.255 e. The number of aryl methyl sites for hydroxylation is 2. The second kappa shape index (κ2) is 3.84. The quantitative estimate of drug-likeness (QED) is 0.826. The molecule has 0 bridgehead atoms. The number of fused-ring (bicyclic) bond motifs is 1. The van der Waals surface area contributed by atoms with Gasteiger partial charge in [-0.2, -0.15) is 9.50 Å². The molecule has 80 valence electrons. The first-order valence-corrected chi connectivity index (χ1v) is 5.13. The molecule has 0 aliphatic heterocycles. The third-order valence-electron chi connectivity index (χ3n) is 2.24. The van der Waals surface area contributed by atoms with Crippen molar-refractivity contribution in [3.8, 4) is 5.88 Å². The lowest BCUT2D eigenvalue weighted by Gasteiger charge is -2.01. The van der Waals surface area contributed by atoms with Gasteiger partial charge in [-0.1, -0.05) is 13.3 Å². The molecule has 0 atom stereocenters. The molecule has 0 aromatic carbocycles. The molecule has 0 spiro atoms. The number of nitrogens with zero attached hydrogens (tertiary/aromatic N) is 4. The second-order valence-electron chi connectivity index (χ2n) is 3.58. The molecule has 0 unspecified atom stereocenters. The van der Waals surface area contributed by atoms with Crippen LogP contribution >= 0.6 is 0 Å². The van der Waals surface area contributed by atoms with E-state index in [1.54, 1.807) is 13.0 Å². The zero-order valence-electron chi connectivity index (χ0n) is 8.93. The number of rotatable bonds is 3. The Hall–Kier alpha value is -1.65. The standard InChI is InChI=1S/C10H14N4O/c1-3-4-5-8-6-9(15)14-10(12-8)11-7(2)13-14/h6,15H,3-5H2,1-2H3. The van der Waals surface area contributed by atoms with E-state index in [9.17, 15) is 5.11 Å². The minimum Gasteiger partial charge on any atom is -0.493 e. The van der Waals surface area contributed by atoms with Crippen molar-refractivity contribution < 1.29 is 5.11 Å². The molecule has 0 aliphatic carbocycles. The predicted octanol–water partition coefficient (Wildman–Crippen LogP) is 1.48. The Bertz CT molecular complexity index is 477. The topological polar surface area (TPSA) is 63.3 Å². The van der Waals surface area contributed by atoms with Crippen molar-refractivity contribution >= 4 is 5.78 Å². The molecular formula is C10H14N4O. The van der Waals surface area contributed by atoms with Crippen molar-refractivity contribution in [1.29, 1.82) is 0 Å². The van der Waals surface area contributed by atoms with Gasteiger partial charge in [-0.3, -0.25) is 0 Å². The number of hydrogen-bond acceptors (Lipinski definition) is 4. The Labute approximate surface area is 87.8 Å². The van der Waals surface area contributed by atoms with Crippen LogP contribution in [-0.2, 0) is 6.42 Å². The van der Waals surface area contributed by atoms with Crippen LogP contribution in [0.3, 0.4) is 0 Å². The van der Waals surface area contributed by atoms with E-state index in [0.717, 1.165) is 25.0 Å². The molecule has 2 aromatic rings. The van der Waals surface area contributed by atoms with Gasteiger partial charge in [0.25, 0.3) is 5.78 Å². The zero-order valence-corrected chi connectivity index (χ0v) is 8.93. The van der Waals surface area contributed by atoms with Gasteiger partial charge < -0.3 is 5.11 Å². The first-order valence-electron chi connectivity index (χ1n) is 5.13. The van der Waals surface area contributed by atoms with Gasteiger partial charge in [-0.25, -0.2) is 4.98 Å². The average molecular weight is 206 g/mol. The minimum absolute atomic E-state index is 0.103. The van der Waals surface area contributed by atoms with Crippen LogP contribution in [0.15, 0.2) is 6.07 Å². The summed E-state index contributed by atoms with van der Waals surface area (Å²) in [5.41, 5.74) is 0.870. The van der Waals surface area contributed by atoms with E-state index in [2.05, 4.69) is 22.0 Å². The molecule has 15 heavy (non-hydrogen) atoms. The predicted molar refractivity (Wildman–Crippen MR) is 55.8 cm³/mol. The third-order valence-corrected chi connectivity index (χ3v) is 2.24. The van der Waals surface area contributed by atoms with Crippen molar-refractivity contribution in [2.45, 2.75) is 33.1 Å². The Morgan fingerprint density at radius 1 is 1.40 bits per heavy atom. The van der Waals surface area contributed by atoms with Crippen LogP contribution < -0.4 is 0 Å². The van der Waals surface area contributed by atoms with Crippen molar-refractivity contribution in [2.75, 3.05) is 0 Å². The molecule has 0 aliphatic rings. The van der Waals surface area contributed by atoms with Gasteiger partial charge in [0.05, 0.1) is 0 Å². The summed E-state index contributed by atoms with van der Waals surface area (Å²) < 4.78 is 1.35. The van der Waals surface area contributed by atoms with E-state index >= 15 is 0 Å². The van der Waals surface area contributed by atoms with Crippen LogP contribution in [0.4, 0.5) is 0 Å². The number of hydrogen-bond donors (Lipinski definition) is 1. The molecule has 5 heteroatoms. The van der Waals surface area contributed by atoms with E-state index in [1.807, 2.05) is 0 Å². The maximum absolute atomic E-state index is 9.69. The monoisotopic (exact) mass is 206 g/mol. The Balaban J connectivity index is 2.42.